The van der Waals surface area contributed by atoms with E-state index in [0.717, 1.165) is 12.8 Å². The highest BCUT2D eigenvalue weighted by Crippen LogP contribution is 2.18. The van der Waals surface area contributed by atoms with Gasteiger partial charge in [-0.15, -0.1) is 0 Å². The maximum Gasteiger partial charge on any atom is 0.315 e. The number of carbonyl (C=O) groups excluding carboxylic acids is 2. The van der Waals surface area contributed by atoms with Crippen molar-refractivity contribution in [1.29, 1.82) is 0 Å². The van der Waals surface area contributed by atoms with Crippen molar-refractivity contribution in [2.24, 2.45) is 0 Å². The number of carbonyl (C=O) groups is 2. The Labute approximate surface area is 148 Å². The summed E-state index contributed by atoms with van der Waals surface area (Å²) in [4.78, 5) is 23.1. The second-order valence-corrected chi connectivity index (χ2v) is 5.50. The number of aryl methyl sites for hydroxylation is 1. The largest absolute Gasteiger partial charge is 0.494 e. The molecule has 0 spiro atoms. The number of ether oxygens (including phenoxy) is 2. The van der Waals surface area contributed by atoms with E-state index in [2.05, 4.69) is 17.4 Å². The monoisotopic (exact) mass is 341 g/mol. The summed E-state index contributed by atoms with van der Waals surface area (Å²) in [6, 6.07) is 17.4. The van der Waals surface area contributed by atoms with Gasteiger partial charge in [0.2, 0.25) is 5.91 Å². The molecule has 5 nitrogen and oxygen atoms in total. The Balaban J connectivity index is 1.76. The molecule has 2 aromatic rings. The van der Waals surface area contributed by atoms with Crippen molar-refractivity contribution >= 4 is 17.6 Å². The van der Waals surface area contributed by atoms with Crippen molar-refractivity contribution in [3.63, 3.8) is 0 Å². The number of benzene rings is 2. The average molecular weight is 341 g/mol. The first-order valence-corrected chi connectivity index (χ1v) is 8.39. The van der Waals surface area contributed by atoms with E-state index < -0.39 is 11.9 Å². The van der Waals surface area contributed by atoms with Gasteiger partial charge in [-0.05, 0) is 37.5 Å². The zero-order valence-corrected chi connectivity index (χ0v) is 14.4. The summed E-state index contributed by atoms with van der Waals surface area (Å²) in [5, 5.41) is 2.67. The van der Waals surface area contributed by atoms with E-state index in [0.29, 0.717) is 18.0 Å². The smallest absolute Gasteiger partial charge is 0.315 e. The predicted molar refractivity (Wildman–Crippen MR) is 96.6 cm³/mol. The Morgan fingerprint density at radius 3 is 2.60 bits per heavy atom. The first kappa shape index (κ1) is 18.5. The topological polar surface area (TPSA) is 64.6 Å². The fraction of sp³-hybridized carbons (Fsp3) is 0.300. The van der Waals surface area contributed by atoms with E-state index in [1.165, 1.54) is 5.56 Å². The molecule has 0 radical (unpaired) electrons. The summed E-state index contributed by atoms with van der Waals surface area (Å²) in [6.07, 6.45) is 1.57. The van der Waals surface area contributed by atoms with Gasteiger partial charge in [0, 0.05) is 11.8 Å². The van der Waals surface area contributed by atoms with Crippen LogP contribution in [0.5, 0.6) is 5.75 Å². The SMILES string of the molecule is CCOC(=O)CC(=O)Nc1cccc(OCCCc2ccccc2)c1. The summed E-state index contributed by atoms with van der Waals surface area (Å²) in [7, 11) is 0. The molecule has 0 unspecified atom stereocenters. The maximum atomic E-state index is 11.8. The number of nitrogens with one attached hydrogen (secondary N) is 1. The summed E-state index contributed by atoms with van der Waals surface area (Å²) in [5.41, 5.74) is 1.88. The zero-order chi connectivity index (χ0) is 17.9. The molecule has 0 saturated heterocycles. The quantitative estimate of drug-likeness (QED) is 0.430. The van der Waals surface area contributed by atoms with Crippen molar-refractivity contribution in [3.8, 4) is 5.75 Å². The van der Waals surface area contributed by atoms with Crippen LogP contribution in [0.1, 0.15) is 25.3 Å². The predicted octanol–water partition coefficient (Wildman–Crippen LogP) is 3.59. The molecule has 0 aliphatic heterocycles. The Bertz CT molecular complexity index is 685. The van der Waals surface area contributed by atoms with Gasteiger partial charge in [0.1, 0.15) is 12.2 Å². The fourth-order valence-corrected chi connectivity index (χ4v) is 2.32. The van der Waals surface area contributed by atoms with Crippen LogP contribution in [0.15, 0.2) is 54.6 Å². The van der Waals surface area contributed by atoms with Crippen molar-refractivity contribution in [1.82, 2.24) is 0 Å². The normalized spacial score (nSPS) is 10.1. The Kier molecular flexibility index (Phi) is 7.50. The van der Waals surface area contributed by atoms with Crippen LogP contribution >= 0.6 is 0 Å². The van der Waals surface area contributed by atoms with Crippen LogP contribution in [0.4, 0.5) is 5.69 Å². The number of hydrogen-bond donors (Lipinski definition) is 1. The summed E-state index contributed by atoms with van der Waals surface area (Å²) >= 11 is 0. The first-order chi connectivity index (χ1) is 12.2. The van der Waals surface area contributed by atoms with Crippen LogP contribution in [0.25, 0.3) is 0 Å². The van der Waals surface area contributed by atoms with Crippen molar-refractivity contribution < 1.29 is 19.1 Å². The molecule has 132 valence electrons. The van der Waals surface area contributed by atoms with Gasteiger partial charge in [-0.3, -0.25) is 9.59 Å². The summed E-state index contributed by atoms with van der Waals surface area (Å²) in [5.74, 6) is -0.255. The molecular weight excluding hydrogens is 318 g/mol. The lowest BCUT2D eigenvalue weighted by atomic mass is 10.1. The van der Waals surface area contributed by atoms with Gasteiger partial charge >= 0.3 is 5.97 Å². The molecule has 0 heterocycles. The highest BCUT2D eigenvalue weighted by atomic mass is 16.5. The molecule has 1 N–H and O–H groups in total. The lowest BCUT2D eigenvalue weighted by Crippen LogP contribution is -2.18. The van der Waals surface area contributed by atoms with Crippen molar-refractivity contribution in [2.45, 2.75) is 26.2 Å². The standard InChI is InChI=1S/C20H23NO4/c1-2-24-20(23)15-19(22)21-17-11-6-12-18(14-17)25-13-7-10-16-8-4-3-5-9-16/h3-6,8-9,11-12,14H,2,7,10,13,15H2,1H3,(H,21,22). The minimum atomic E-state index is -0.534. The molecule has 0 bridgehead atoms. The van der Waals surface area contributed by atoms with Gasteiger partial charge in [0.15, 0.2) is 0 Å². The highest BCUT2D eigenvalue weighted by Gasteiger charge is 2.10. The van der Waals surface area contributed by atoms with Crippen molar-refractivity contribution in [3.05, 3.63) is 60.2 Å². The Hall–Kier alpha value is -2.82. The van der Waals surface area contributed by atoms with E-state index in [9.17, 15) is 9.59 Å². The molecule has 2 rings (SSSR count). The van der Waals surface area contributed by atoms with Crippen LogP contribution in [-0.4, -0.2) is 25.1 Å². The van der Waals surface area contributed by atoms with Gasteiger partial charge in [-0.25, -0.2) is 0 Å². The molecule has 0 aliphatic carbocycles. The molecule has 5 heteroatoms. The van der Waals surface area contributed by atoms with Gasteiger partial charge in [-0.1, -0.05) is 36.4 Å². The number of esters is 1. The third-order valence-electron chi connectivity index (χ3n) is 3.45. The van der Waals surface area contributed by atoms with E-state index in [1.54, 1.807) is 25.1 Å². The number of amides is 1. The number of rotatable bonds is 9. The lowest BCUT2D eigenvalue weighted by Gasteiger charge is -2.09. The average Bonchev–Trinajstić information content (AvgIpc) is 2.60. The molecule has 25 heavy (non-hydrogen) atoms. The van der Waals surface area contributed by atoms with E-state index in [4.69, 9.17) is 9.47 Å². The van der Waals surface area contributed by atoms with Gasteiger partial charge in [-0.2, -0.15) is 0 Å². The van der Waals surface area contributed by atoms with Crippen LogP contribution in [-0.2, 0) is 20.7 Å². The van der Waals surface area contributed by atoms with Crippen LogP contribution < -0.4 is 10.1 Å². The molecule has 0 atom stereocenters. The molecule has 0 aliphatic rings. The van der Waals surface area contributed by atoms with E-state index in [-0.39, 0.29) is 13.0 Å². The van der Waals surface area contributed by atoms with Crippen molar-refractivity contribution in [2.75, 3.05) is 18.5 Å². The Morgan fingerprint density at radius 1 is 1.04 bits per heavy atom. The lowest BCUT2D eigenvalue weighted by molar-refractivity contribution is -0.145. The molecule has 0 aromatic heterocycles. The van der Waals surface area contributed by atoms with Gasteiger partial charge in [0.25, 0.3) is 0 Å². The maximum absolute atomic E-state index is 11.8. The number of hydrogen-bond acceptors (Lipinski definition) is 4. The zero-order valence-electron chi connectivity index (χ0n) is 14.4. The molecule has 2 aromatic carbocycles. The molecule has 0 fully saturated rings. The second kappa shape index (κ2) is 10.1. The molecule has 0 saturated carbocycles. The number of anilines is 1. The fourth-order valence-electron chi connectivity index (χ4n) is 2.32. The second-order valence-electron chi connectivity index (χ2n) is 5.50. The third-order valence-corrected chi connectivity index (χ3v) is 3.45. The summed E-state index contributed by atoms with van der Waals surface area (Å²) < 4.78 is 10.5. The minimum Gasteiger partial charge on any atom is -0.494 e. The highest BCUT2D eigenvalue weighted by molar-refractivity contribution is 6.01. The van der Waals surface area contributed by atoms with Crippen LogP contribution in [0.3, 0.4) is 0 Å². The van der Waals surface area contributed by atoms with E-state index in [1.807, 2.05) is 24.3 Å². The summed E-state index contributed by atoms with van der Waals surface area (Å²) in [6.45, 7) is 2.56. The minimum absolute atomic E-state index is 0.262. The van der Waals surface area contributed by atoms with Gasteiger partial charge < -0.3 is 14.8 Å². The van der Waals surface area contributed by atoms with Gasteiger partial charge in [0.05, 0.1) is 13.2 Å². The third kappa shape index (κ3) is 7.08. The van der Waals surface area contributed by atoms with Crippen LogP contribution in [0, 0.1) is 0 Å². The molecular formula is C20H23NO4. The van der Waals surface area contributed by atoms with E-state index >= 15 is 0 Å². The first-order valence-electron chi connectivity index (χ1n) is 8.39. The molecule has 1 amide bonds. The Morgan fingerprint density at radius 2 is 1.84 bits per heavy atom. The van der Waals surface area contributed by atoms with Crippen LogP contribution in [0.2, 0.25) is 0 Å².